The summed E-state index contributed by atoms with van der Waals surface area (Å²) in [5.74, 6) is -0.234. The van der Waals surface area contributed by atoms with E-state index in [0.717, 1.165) is 5.56 Å². The average Bonchev–Trinajstić information content (AvgIpc) is 2.59. The molecule has 2 amide bonds. The molecule has 0 saturated heterocycles. The lowest BCUT2D eigenvalue weighted by Gasteiger charge is -2.27. The predicted octanol–water partition coefficient (Wildman–Crippen LogP) is 3.88. The Morgan fingerprint density at radius 1 is 0.920 bits per heavy atom. The number of carbonyl (C=O) groups excluding carboxylic acids is 2. The van der Waals surface area contributed by atoms with E-state index in [9.17, 15) is 9.59 Å². The second-order valence-electron chi connectivity index (χ2n) is 6.72. The first kappa shape index (κ1) is 18.7. The second-order valence-corrected chi connectivity index (χ2v) is 6.72. The third kappa shape index (κ3) is 5.18. The van der Waals surface area contributed by atoms with E-state index < -0.39 is 0 Å². The molecule has 1 N–H and O–H groups in total. The number of amides is 2. The fraction of sp³-hybridized carbons (Fsp3) is 0.333. The first-order valence-electron chi connectivity index (χ1n) is 8.64. The van der Waals surface area contributed by atoms with Gasteiger partial charge in [-0.25, -0.2) is 0 Å². The summed E-state index contributed by atoms with van der Waals surface area (Å²) in [5, 5.41) is 2.85. The number of hydrogen-bond acceptors (Lipinski definition) is 2. The molecule has 0 spiro atoms. The Labute approximate surface area is 149 Å². The van der Waals surface area contributed by atoms with E-state index in [1.807, 2.05) is 62.9 Å². The van der Waals surface area contributed by atoms with Crippen LogP contribution in [-0.2, 0) is 6.54 Å². The van der Waals surface area contributed by atoms with Gasteiger partial charge < -0.3 is 10.2 Å². The van der Waals surface area contributed by atoms with Crippen molar-refractivity contribution in [1.29, 1.82) is 0 Å². The third-order valence-corrected chi connectivity index (χ3v) is 3.87. The molecule has 4 nitrogen and oxygen atoms in total. The van der Waals surface area contributed by atoms with Crippen molar-refractivity contribution in [1.82, 2.24) is 10.2 Å². The van der Waals surface area contributed by atoms with Crippen LogP contribution >= 0.6 is 0 Å². The average molecular weight is 338 g/mol. The highest BCUT2D eigenvalue weighted by Crippen LogP contribution is 2.15. The van der Waals surface area contributed by atoms with Crippen LogP contribution in [0.5, 0.6) is 0 Å². The van der Waals surface area contributed by atoms with Crippen molar-refractivity contribution in [2.75, 3.05) is 0 Å². The zero-order valence-corrected chi connectivity index (χ0v) is 15.3. The summed E-state index contributed by atoms with van der Waals surface area (Å²) in [7, 11) is 0. The van der Waals surface area contributed by atoms with Gasteiger partial charge in [0.2, 0.25) is 0 Å². The molecule has 25 heavy (non-hydrogen) atoms. The van der Waals surface area contributed by atoms with Gasteiger partial charge in [0.1, 0.15) is 0 Å². The molecule has 4 heteroatoms. The summed E-state index contributed by atoms with van der Waals surface area (Å²) < 4.78 is 0. The van der Waals surface area contributed by atoms with Gasteiger partial charge in [0, 0.05) is 29.8 Å². The molecular formula is C21H26N2O2. The van der Waals surface area contributed by atoms with Gasteiger partial charge in [0.05, 0.1) is 0 Å². The Kier molecular flexibility index (Phi) is 6.34. The second kappa shape index (κ2) is 8.47. The molecule has 132 valence electrons. The van der Waals surface area contributed by atoms with E-state index in [1.54, 1.807) is 24.3 Å². The Balaban J connectivity index is 2.23. The van der Waals surface area contributed by atoms with E-state index in [0.29, 0.717) is 17.7 Å². The van der Waals surface area contributed by atoms with Crippen molar-refractivity contribution < 1.29 is 9.59 Å². The summed E-state index contributed by atoms with van der Waals surface area (Å²) in [5.41, 5.74) is 2.11. The molecule has 0 aliphatic rings. The highest BCUT2D eigenvalue weighted by Gasteiger charge is 2.20. The van der Waals surface area contributed by atoms with Crippen LogP contribution in [-0.4, -0.2) is 28.8 Å². The molecule has 2 aromatic rings. The molecule has 2 aromatic carbocycles. The van der Waals surface area contributed by atoms with Gasteiger partial charge in [-0.05, 0) is 51.5 Å². The third-order valence-electron chi connectivity index (χ3n) is 3.87. The van der Waals surface area contributed by atoms with Crippen molar-refractivity contribution in [2.24, 2.45) is 0 Å². The van der Waals surface area contributed by atoms with E-state index in [-0.39, 0.29) is 23.9 Å². The minimum atomic E-state index is -0.163. The number of carbonyl (C=O) groups is 2. The van der Waals surface area contributed by atoms with Crippen LogP contribution in [0.2, 0.25) is 0 Å². The lowest BCUT2D eigenvalue weighted by atomic mass is 10.1. The van der Waals surface area contributed by atoms with Crippen LogP contribution in [0.15, 0.2) is 54.6 Å². The monoisotopic (exact) mass is 338 g/mol. The van der Waals surface area contributed by atoms with Crippen LogP contribution in [0.4, 0.5) is 0 Å². The van der Waals surface area contributed by atoms with Gasteiger partial charge in [-0.15, -0.1) is 0 Å². The fourth-order valence-corrected chi connectivity index (χ4v) is 2.57. The number of hydrogen-bond donors (Lipinski definition) is 1. The Hall–Kier alpha value is -2.62. The molecule has 0 bridgehead atoms. The van der Waals surface area contributed by atoms with E-state index in [1.165, 1.54) is 0 Å². The SMILES string of the molecule is CC(C)NC(=O)c1cccc(C(=O)N(Cc2ccccc2)C(C)C)c1. The van der Waals surface area contributed by atoms with Crippen LogP contribution in [0.3, 0.4) is 0 Å². The van der Waals surface area contributed by atoms with Crippen molar-refractivity contribution >= 4 is 11.8 Å². The molecule has 0 heterocycles. The quantitative estimate of drug-likeness (QED) is 0.869. The molecular weight excluding hydrogens is 312 g/mol. The minimum absolute atomic E-state index is 0.0529. The molecule has 0 saturated carbocycles. The maximum Gasteiger partial charge on any atom is 0.254 e. The topological polar surface area (TPSA) is 49.4 Å². The minimum Gasteiger partial charge on any atom is -0.350 e. The fourth-order valence-electron chi connectivity index (χ4n) is 2.57. The molecule has 0 aromatic heterocycles. The van der Waals surface area contributed by atoms with Gasteiger partial charge >= 0.3 is 0 Å². The van der Waals surface area contributed by atoms with Gasteiger partial charge in [-0.2, -0.15) is 0 Å². The van der Waals surface area contributed by atoms with Gasteiger partial charge in [0.15, 0.2) is 0 Å². The molecule has 0 fully saturated rings. The highest BCUT2D eigenvalue weighted by molar-refractivity contribution is 5.99. The van der Waals surface area contributed by atoms with Crippen LogP contribution < -0.4 is 5.32 Å². The normalized spacial score (nSPS) is 10.8. The number of rotatable bonds is 6. The lowest BCUT2D eigenvalue weighted by molar-refractivity contribution is 0.0690. The molecule has 0 aliphatic heterocycles. The molecule has 0 aliphatic carbocycles. The molecule has 0 atom stereocenters. The summed E-state index contributed by atoms with van der Waals surface area (Å²) >= 11 is 0. The summed E-state index contributed by atoms with van der Waals surface area (Å²) in [6, 6.07) is 16.9. The number of nitrogens with one attached hydrogen (secondary N) is 1. The van der Waals surface area contributed by atoms with E-state index >= 15 is 0 Å². The Morgan fingerprint density at radius 3 is 2.16 bits per heavy atom. The van der Waals surface area contributed by atoms with Crippen LogP contribution in [0.25, 0.3) is 0 Å². The summed E-state index contributed by atoms with van der Waals surface area (Å²) in [4.78, 5) is 27.0. The number of nitrogens with zero attached hydrogens (tertiary/aromatic N) is 1. The first-order valence-corrected chi connectivity index (χ1v) is 8.64. The van der Waals surface area contributed by atoms with Crippen molar-refractivity contribution in [3.63, 3.8) is 0 Å². The van der Waals surface area contributed by atoms with Gasteiger partial charge in [-0.3, -0.25) is 9.59 Å². The van der Waals surface area contributed by atoms with Gasteiger partial charge in [0.25, 0.3) is 11.8 Å². The van der Waals surface area contributed by atoms with Crippen LogP contribution in [0, 0.1) is 0 Å². The summed E-state index contributed by atoms with van der Waals surface area (Å²) in [6.45, 7) is 8.35. The maximum absolute atomic E-state index is 13.0. The zero-order valence-electron chi connectivity index (χ0n) is 15.3. The molecule has 2 rings (SSSR count). The van der Waals surface area contributed by atoms with Crippen molar-refractivity contribution in [2.45, 2.75) is 46.3 Å². The molecule has 0 radical (unpaired) electrons. The van der Waals surface area contributed by atoms with E-state index in [2.05, 4.69) is 5.32 Å². The predicted molar refractivity (Wildman–Crippen MR) is 100 cm³/mol. The van der Waals surface area contributed by atoms with Crippen LogP contribution in [0.1, 0.15) is 54.0 Å². The maximum atomic E-state index is 13.0. The van der Waals surface area contributed by atoms with E-state index in [4.69, 9.17) is 0 Å². The van der Waals surface area contributed by atoms with Crippen molar-refractivity contribution in [3.05, 3.63) is 71.3 Å². The summed E-state index contributed by atoms with van der Waals surface area (Å²) in [6.07, 6.45) is 0. The lowest BCUT2D eigenvalue weighted by Crippen LogP contribution is -2.36. The number of benzene rings is 2. The molecule has 0 unspecified atom stereocenters. The zero-order chi connectivity index (χ0) is 18.4. The van der Waals surface area contributed by atoms with Gasteiger partial charge in [-0.1, -0.05) is 36.4 Å². The van der Waals surface area contributed by atoms with Crippen molar-refractivity contribution in [3.8, 4) is 0 Å². The Bertz CT molecular complexity index is 724. The first-order chi connectivity index (χ1) is 11.9. The highest BCUT2D eigenvalue weighted by atomic mass is 16.2. The smallest absolute Gasteiger partial charge is 0.254 e. The largest absolute Gasteiger partial charge is 0.350 e. The standard InChI is InChI=1S/C21H26N2O2/c1-15(2)22-20(24)18-11-8-12-19(13-18)21(25)23(16(3)4)14-17-9-6-5-7-10-17/h5-13,15-16H,14H2,1-4H3,(H,22,24). The Morgan fingerprint density at radius 2 is 1.56 bits per heavy atom.